The van der Waals surface area contributed by atoms with E-state index >= 15 is 0 Å². The summed E-state index contributed by atoms with van der Waals surface area (Å²) < 4.78 is 44.8. The van der Waals surface area contributed by atoms with Crippen molar-refractivity contribution in [3.05, 3.63) is 30.1 Å². The second-order valence-electron chi connectivity index (χ2n) is 6.00. The number of rotatable bonds is 8. The summed E-state index contributed by atoms with van der Waals surface area (Å²) in [5.41, 5.74) is 0. The fraction of sp³-hybridized carbons (Fsp3) is 0.588. The van der Waals surface area contributed by atoms with Crippen LogP contribution >= 0.6 is 0 Å². The van der Waals surface area contributed by atoms with Crippen LogP contribution in [0.2, 0.25) is 0 Å². The number of hydrogen-bond donors (Lipinski definition) is 1. The molecule has 1 saturated heterocycles. The van der Waals surface area contributed by atoms with Gasteiger partial charge in [-0.2, -0.15) is 4.31 Å². The molecule has 0 bridgehead atoms. The summed E-state index contributed by atoms with van der Waals surface area (Å²) in [5, 5.41) is 2.84. The molecular weight excluding hydrogens is 347 g/mol. The lowest BCUT2D eigenvalue weighted by molar-refractivity contribution is -0.126. The van der Waals surface area contributed by atoms with Crippen molar-refractivity contribution < 1.29 is 22.3 Å². The standard InChI is InChI=1S/C17H25FN2O4S/c1-2-24-12-4-10-19-17(21)14-5-3-11-20(13-14)25(22,23)16-8-6-15(18)7-9-16/h6-9,14H,2-5,10-13H2,1H3,(H,19,21). The molecule has 0 aliphatic carbocycles. The van der Waals surface area contributed by atoms with Gasteiger partial charge in [0, 0.05) is 32.8 Å². The second kappa shape index (κ2) is 9.26. The van der Waals surface area contributed by atoms with E-state index in [2.05, 4.69) is 5.32 Å². The van der Waals surface area contributed by atoms with E-state index in [9.17, 15) is 17.6 Å². The van der Waals surface area contributed by atoms with Gasteiger partial charge in [-0.25, -0.2) is 12.8 Å². The Morgan fingerprint density at radius 3 is 2.76 bits per heavy atom. The number of halogens is 1. The Morgan fingerprint density at radius 2 is 2.08 bits per heavy atom. The van der Waals surface area contributed by atoms with Gasteiger partial charge in [-0.3, -0.25) is 4.79 Å². The zero-order chi connectivity index (χ0) is 18.3. The SMILES string of the molecule is CCOCCCNC(=O)C1CCCN(S(=O)(=O)c2ccc(F)cc2)C1. The number of piperidine rings is 1. The van der Waals surface area contributed by atoms with Crippen LogP contribution in [-0.2, 0) is 19.6 Å². The van der Waals surface area contributed by atoms with Crippen molar-refractivity contribution in [2.75, 3.05) is 32.8 Å². The summed E-state index contributed by atoms with van der Waals surface area (Å²) in [6, 6.07) is 4.75. The topological polar surface area (TPSA) is 75.7 Å². The number of ether oxygens (including phenoxy) is 1. The van der Waals surface area contributed by atoms with Crippen molar-refractivity contribution in [3.8, 4) is 0 Å². The van der Waals surface area contributed by atoms with E-state index in [1.54, 1.807) is 0 Å². The monoisotopic (exact) mass is 372 g/mol. The summed E-state index contributed by atoms with van der Waals surface area (Å²) >= 11 is 0. The Hall–Kier alpha value is -1.51. The maximum atomic E-state index is 13.0. The molecule has 1 atom stereocenters. The van der Waals surface area contributed by atoms with Gasteiger partial charge in [-0.1, -0.05) is 0 Å². The molecule has 1 N–H and O–H groups in total. The normalized spacial score (nSPS) is 18.9. The summed E-state index contributed by atoms with van der Waals surface area (Å²) in [4.78, 5) is 12.3. The highest BCUT2D eigenvalue weighted by Crippen LogP contribution is 2.24. The molecule has 1 amide bonds. The quantitative estimate of drug-likeness (QED) is 0.706. The maximum Gasteiger partial charge on any atom is 0.243 e. The highest BCUT2D eigenvalue weighted by atomic mass is 32.2. The van der Waals surface area contributed by atoms with Crippen LogP contribution in [0.5, 0.6) is 0 Å². The molecule has 1 aliphatic rings. The van der Waals surface area contributed by atoms with Gasteiger partial charge in [0.25, 0.3) is 0 Å². The zero-order valence-electron chi connectivity index (χ0n) is 14.4. The number of carbonyl (C=O) groups is 1. The lowest BCUT2D eigenvalue weighted by atomic mass is 9.99. The van der Waals surface area contributed by atoms with E-state index < -0.39 is 15.8 Å². The Morgan fingerprint density at radius 1 is 1.36 bits per heavy atom. The fourth-order valence-corrected chi connectivity index (χ4v) is 4.33. The highest BCUT2D eigenvalue weighted by molar-refractivity contribution is 7.89. The molecule has 2 rings (SSSR count). The van der Waals surface area contributed by atoms with E-state index in [1.165, 1.54) is 16.4 Å². The molecular formula is C17H25FN2O4S. The third-order valence-electron chi connectivity index (χ3n) is 4.18. The molecule has 1 aromatic rings. The van der Waals surface area contributed by atoms with Crippen molar-refractivity contribution in [1.82, 2.24) is 9.62 Å². The summed E-state index contributed by atoms with van der Waals surface area (Å²) in [7, 11) is -3.71. The number of nitrogens with one attached hydrogen (secondary N) is 1. The minimum atomic E-state index is -3.71. The Labute approximate surface area is 148 Å². The van der Waals surface area contributed by atoms with Crippen molar-refractivity contribution in [1.29, 1.82) is 0 Å². The van der Waals surface area contributed by atoms with Gasteiger partial charge in [0.2, 0.25) is 15.9 Å². The third-order valence-corrected chi connectivity index (χ3v) is 6.05. The molecule has 0 aromatic heterocycles. The number of carbonyl (C=O) groups excluding carboxylic acids is 1. The third kappa shape index (κ3) is 5.49. The van der Waals surface area contributed by atoms with Crippen LogP contribution in [-0.4, -0.2) is 51.5 Å². The zero-order valence-corrected chi connectivity index (χ0v) is 15.2. The van der Waals surface area contributed by atoms with Crippen molar-refractivity contribution >= 4 is 15.9 Å². The molecule has 0 spiro atoms. The molecule has 140 valence electrons. The average molecular weight is 372 g/mol. The first-order valence-electron chi connectivity index (χ1n) is 8.56. The smallest absolute Gasteiger partial charge is 0.243 e. The largest absolute Gasteiger partial charge is 0.382 e. The van der Waals surface area contributed by atoms with Crippen LogP contribution in [0.4, 0.5) is 4.39 Å². The predicted molar refractivity (Wildman–Crippen MR) is 92.0 cm³/mol. The summed E-state index contributed by atoms with van der Waals surface area (Å²) in [6.07, 6.45) is 2.01. The second-order valence-corrected chi connectivity index (χ2v) is 7.94. The predicted octanol–water partition coefficient (Wildman–Crippen LogP) is 1.77. The number of sulfonamides is 1. The molecule has 1 aromatic carbocycles. The number of benzene rings is 1. The van der Waals surface area contributed by atoms with E-state index in [1.807, 2.05) is 6.92 Å². The van der Waals surface area contributed by atoms with Crippen molar-refractivity contribution in [2.45, 2.75) is 31.1 Å². The van der Waals surface area contributed by atoms with Crippen molar-refractivity contribution in [3.63, 3.8) is 0 Å². The molecule has 8 heteroatoms. The van der Waals surface area contributed by atoms with Gasteiger partial charge in [0.15, 0.2) is 0 Å². The van der Waals surface area contributed by atoms with Gasteiger partial charge in [-0.15, -0.1) is 0 Å². The van der Waals surface area contributed by atoms with Crippen LogP contribution in [0.25, 0.3) is 0 Å². The summed E-state index contributed by atoms with van der Waals surface area (Å²) in [5.74, 6) is -0.978. The van der Waals surface area contributed by atoms with Crippen molar-refractivity contribution in [2.24, 2.45) is 5.92 Å². The van der Waals surface area contributed by atoms with Gasteiger partial charge in [0.1, 0.15) is 5.82 Å². The molecule has 25 heavy (non-hydrogen) atoms. The van der Waals surface area contributed by atoms with Crippen LogP contribution < -0.4 is 5.32 Å². The number of hydrogen-bond acceptors (Lipinski definition) is 4. The molecule has 1 fully saturated rings. The molecule has 1 heterocycles. The number of nitrogens with zero attached hydrogens (tertiary/aromatic N) is 1. The molecule has 6 nitrogen and oxygen atoms in total. The number of amides is 1. The van der Waals surface area contributed by atoms with Crippen LogP contribution in [0.3, 0.4) is 0 Å². The van der Waals surface area contributed by atoms with Gasteiger partial charge in [0.05, 0.1) is 10.8 Å². The summed E-state index contributed by atoms with van der Waals surface area (Å²) in [6.45, 7) is 4.18. The van der Waals surface area contributed by atoms with E-state index in [4.69, 9.17) is 4.74 Å². The highest BCUT2D eigenvalue weighted by Gasteiger charge is 2.33. The van der Waals surface area contributed by atoms with Gasteiger partial charge >= 0.3 is 0 Å². The van der Waals surface area contributed by atoms with E-state index in [-0.39, 0.29) is 23.3 Å². The molecule has 0 saturated carbocycles. The Bertz CT molecular complexity index is 664. The first kappa shape index (κ1) is 19.8. The Kier molecular flexibility index (Phi) is 7.34. The maximum absolute atomic E-state index is 13.0. The fourth-order valence-electron chi connectivity index (χ4n) is 2.80. The van der Waals surface area contributed by atoms with Crippen LogP contribution in [0.15, 0.2) is 29.2 Å². The lowest BCUT2D eigenvalue weighted by Gasteiger charge is -2.31. The molecule has 1 unspecified atom stereocenters. The van der Waals surface area contributed by atoms with E-state index in [0.717, 1.165) is 18.6 Å². The molecule has 0 radical (unpaired) electrons. The first-order chi connectivity index (χ1) is 11.9. The van der Waals surface area contributed by atoms with Crippen LogP contribution in [0, 0.1) is 11.7 Å². The average Bonchev–Trinajstić information content (AvgIpc) is 2.62. The molecule has 1 aliphatic heterocycles. The van der Waals surface area contributed by atoms with E-state index in [0.29, 0.717) is 39.1 Å². The minimum absolute atomic E-state index is 0.0478. The first-order valence-corrected chi connectivity index (χ1v) is 10.0. The van der Waals surface area contributed by atoms with Crippen LogP contribution in [0.1, 0.15) is 26.2 Å². The van der Waals surface area contributed by atoms with Gasteiger partial charge < -0.3 is 10.1 Å². The lowest BCUT2D eigenvalue weighted by Crippen LogP contribution is -2.45. The Balaban J connectivity index is 1.93. The van der Waals surface area contributed by atoms with Gasteiger partial charge in [-0.05, 0) is 50.5 Å². The minimum Gasteiger partial charge on any atom is -0.382 e.